The van der Waals surface area contributed by atoms with Crippen molar-refractivity contribution < 1.29 is 0 Å². The third-order valence-corrected chi connectivity index (χ3v) is 7.21. The summed E-state index contributed by atoms with van der Waals surface area (Å²) >= 11 is 0. The third kappa shape index (κ3) is 6.37. The maximum absolute atomic E-state index is 4.83. The number of hydrazine groups is 1. The smallest absolute Gasteiger partial charge is 0.225 e. The monoisotopic (exact) mass is 431 g/mol. The molecule has 3 atom stereocenters. The van der Waals surface area contributed by atoms with E-state index in [0.717, 1.165) is 77.1 Å². The zero-order valence-electron chi connectivity index (χ0n) is 20.8. The zero-order chi connectivity index (χ0) is 22.4. The second kappa shape index (κ2) is 11.5. The van der Waals surface area contributed by atoms with E-state index in [1.807, 2.05) is 0 Å². The van der Waals surface area contributed by atoms with Gasteiger partial charge in [-0.3, -0.25) is 4.90 Å². The van der Waals surface area contributed by atoms with Crippen LogP contribution in [0.15, 0.2) is 12.4 Å². The Morgan fingerprint density at radius 3 is 2.10 bits per heavy atom. The van der Waals surface area contributed by atoms with E-state index >= 15 is 0 Å². The average Bonchev–Trinajstić information content (AvgIpc) is 2.79. The molecule has 0 N–H and O–H groups in total. The molecule has 0 radical (unpaired) electrons. The van der Waals surface area contributed by atoms with Gasteiger partial charge in [0.25, 0.3) is 0 Å². The minimum atomic E-state index is 0.495. The van der Waals surface area contributed by atoms with E-state index in [9.17, 15) is 0 Å². The molecule has 0 saturated carbocycles. The first-order valence-corrected chi connectivity index (χ1v) is 12.4. The summed E-state index contributed by atoms with van der Waals surface area (Å²) in [5.41, 5.74) is 1.22. The number of likely N-dealkylation sites (N-methyl/N-ethyl adjacent to an activating group) is 1. The SMILES string of the molecule is CCC(C)CN(C)N1CCN(Cc2cnc(N3C(CC)CN(C)CC3CC)nc2)CC1. The fourth-order valence-electron chi connectivity index (χ4n) is 5.00. The van der Waals surface area contributed by atoms with Gasteiger partial charge >= 0.3 is 0 Å². The molecule has 3 unspecified atom stereocenters. The van der Waals surface area contributed by atoms with Crippen molar-refractivity contribution in [2.24, 2.45) is 5.92 Å². The second-order valence-corrected chi connectivity index (χ2v) is 9.73. The molecule has 7 heteroatoms. The first kappa shape index (κ1) is 24.4. The maximum Gasteiger partial charge on any atom is 0.225 e. The average molecular weight is 432 g/mol. The lowest BCUT2D eigenvalue weighted by atomic mass is 10.0. The number of hydrogen-bond acceptors (Lipinski definition) is 7. The predicted octanol–water partition coefficient (Wildman–Crippen LogP) is 2.80. The van der Waals surface area contributed by atoms with Crippen molar-refractivity contribution in [2.75, 3.05) is 64.8 Å². The highest BCUT2D eigenvalue weighted by Gasteiger charge is 2.32. The van der Waals surface area contributed by atoms with Gasteiger partial charge in [0.1, 0.15) is 0 Å². The summed E-state index contributed by atoms with van der Waals surface area (Å²) in [6, 6.07) is 0.991. The summed E-state index contributed by atoms with van der Waals surface area (Å²) in [7, 11) is 4.47. The number of rotatable bonds is 9. The Bertz CT molecular complexity index is 630. The van der Waals surface area contributed by atoms with Gasteiger partial charge in [-0.1, -0.05) is 34.1 Å². The molecule has 1 aromatic rings. The summed E-state index contributed by atoms with van der Waals surface area (Å²) in [5, 5.41) is 4.93. The Labute approximate surface area is 190 Å². The molecule has 31 heavy (non-hydrogen) atoms. The number of hydrogen-bond donors (Lipinski definition) is 0. The van der Waals surface area contributed by atoms with Crippen LogP contribution in [-0.2, 0) is 6.54 Å². The molecular formula is C24H45N7. The highest BCUT2D eigenvalue weighted by molar-refractivity contribution is 5.35. The molecule has 7 nitrogen and oxygen atoms in total. The van der Waals surface area contributed by atoms with Gasteiger partial charge in [-0.15, -0.1) is 0 Å². The second-order valence-electron chi connectivity index (χ2n) is 9.73. The predicted molar refractivity (Wildman–Crippen MR) is 129 cm³/mol. The summed E-state index contributed by atoms with van der Waals surface area (Å²) in [6.07, 6.45) is 7.61. The van der Waals surface area contributed by atoms with Gasteiger partial charge < -0.3 is 9.80 Å². The molecule has 0 spiro atoms. The minimum absolute atomic E-state index is 0.495. The Balaban J connectivity index is 1.54. The molecule has 0 amide bonds. The third-order valence-electron chi connectivity index (χ3n) is 7.21. The lowest BCUT2D eigenvalue weighted by Gasteiger charge is -2.45. The van der Waals surface area contributed by atoms with E-state index in [2.05, 4.69) is 78.9 Å². The van der Waals surface area contributed by atoms with Gasteiger partial charge in [-0.25, -0.2) is 20.0 Å². The van der Waals surface area contributed by atoms with E-state index in [1.54, 1.807) is 0 Å². The summed E-state index contributed by atoms with van der Waals surface area (Å²) in [4.78, 5) is 17.1. The Morgan fingerprint density at radius 1 is 1.00 bits per heavy atom. The van der Waals surface area contributed by atoms with E-state index in [0.29, 0.717) is 12.1 Å². The molecule has 176 valence electrons. The van der Waals surface area contributed by atoms with Crippen LogP contribution in [-0.4, -0.2) is 102 Å². The first-order valence-electron chi connectivity index (χ1n) is 12.4. The van der Waals surface area contributed by atoms with Crippen molar-refractivity contribution in [1.29, 1.82) is 0 Å². The number of anilines is 1. The molecule has 0 bridgehead atoms. The van der Waals surface area contributed by atoms with Crippen molar-refractivity contribution in [3.63, 3.8) is 0 Å². The van der Waals surface area contributed by atoms with E-state index in [4.69, 9.17) is 9.97 Å². The molecule has 0 aliphatic carbocycles. The molecule has 3 heterocycles. The quantitative estimate of drug-likeness (QED) is 0.595. The summed E-state index contributed by atoms with van der Waals surface area (Å²) < 4.78 is 0. The highest BCUT2D eigenvalue weighted by Crippen LogP contribution is 2.24. The Hall–Kier alpha value is -1.28. The van der Waals surface area contributed by atoms with E-state index in [-0.39, 0.29) is 0 Å². The van der Waals surface area contributed by atoms with Crippen LogP contribution in [0.4, 0.5) is 5.95 Å². The Kier molecular flexibility index (Phi) is 9.07. The van der Waals surface area contributed by atoms with Crippen molar-refractivity contribution in [3.05, 3.63) is 18.0 Å². The minimum Gasteiger partial charge on any atom is -0.332 e. The molecule has 2 fully saturated rings. The lowest BCUT2D eigenvalue weighted by molar-refractivity contribution is -0.0474. The molecule has 0 aromatic carbocycles. The van der Waals surface area contributed by atoms with Gasteiger partial charge in [0, 0.05) is 89.4 Å². The van der Waals surface area contributed by atoms with Gasteiger partial charge in [0.15, 0.2) is 0 Å². The lowest BCUT2D eigenvalue weighted by Crippen LogP contribution is -2.58. The number of nitrogens with zero attached hydrogens (tertiary/aromatic N) is 7. The van der Waals surface area contributed by atoms with Crippen molar-refractivity contribution in [3.8, 4) is 0 Å². The molecular weight excluding hydrogens is 386 g/mol. The van der Waals surface area contributed by atoms with Crippen LogP contribution in [0.1, 0.15) is 52.5 Å². The largest absolute Gasteiger partial charge is 0.332 e. The van der Waals surface area contributed by atoms with Crippen LogP contribution in [0.25, 0.3) is 0 Å². The van der Waals surface area contributed by atoms with Gasteiger partial charge in [0.2, 0.25) is 5.95 Å². The van der Waals surface area contributed by atoms with Crippen LogP contribution in [0.5, 0.6) is 0 Å². The highest BCUT2D eigenvalue weighted by atomic mass is 15.6. The van der Waals surface area contributed by atoms with Crippen molar-refractivity contribution in [1.82, 2.24) is 29.8 Å². The van der Waals surface area contributed by atoms with Crippen LogP contribution in [0, 0.1) is 5.92 Å². The Morgan fingerprint density at radius 2 is 1.58 bits per heavy atom. The van der Waals surface area contributed by atoms with Gasteiger partial charge in [-0.05, 0) is 25.8 Å². The summed E-state index contributed by atoms with van der Waals surface area (Å²) in [5.74, 6) is 1.66. The molecule has 2 saturated heterocycles. The first-order chi connectivity index (χ1) is 14.9. The summed E-state index contributed by atoms with van der Waals surface area (Å²) in [6.45, 7) is 17.8. The topological polar surface area (TPSA) is 42.0 Å². The molecule has 1 aromatic heterocycles. The fraction of sp³-hybridized carbons (Fsp3) is 0.833. The van der Waals surface area contributed by atoms with E-state index in [1.165, 1.54) is 12.0 Å². The molecule has 2 aliphatic rings. The molecule has 2 aliphatic heterocycles. The number of piperazine rings is 2. The maximum atomic E-state index is 4.83. The van der Waals surface area contributed by atoms with Crippen molar-refractivity contribution in [2.45, 2.75) is 65.6 Å². The van der Waals surface area contributed by atoms with Crippen LogP contribution in [0.3, 0.4) is 0 Å². The fourth-order valence-corrected chi connectivity index (χ4v) is 5.00. The van der Waals surface area contributed by atoms with Crippen LogP contribution < -0.4 is 4.90 Å². The molecule has 3 rings (SSSR count). The zero-order valence-corrected chi connectivity index (χ0v) is 20.8. The van der Waals surface area contributed by atoms with Crippen LogP contribution >= 0.6 is 0 Å². The normalized spacial score (nSPS) is 25.3. The standard InChI is InChI=1S/C24H45N7/c1-7-20(4)16-28(6)30-12-10-29(11-13-30)17-21-14-25-24(26-15-21)31-22(8-2)18-27(5)19-23(31)9-3/h14-15,20,22-23H,7-13,16-19H2,1-6H3. The van der Waals surface area contributed by atoms with Gasteiger partial charge in [0.05, 0.1) is 0 Å². The number of aromatic nitrogens is 2. The van der Waals surface area contributed by atoms with Crippen molar-refractivity contribution >= 4 is 5.95 Å². The van der Waals surface area contributed by atoms with Crippen LogP contribution in [0.2, 0.25) is 0 Å². The van der Waals surface area contributed by atoms with E-state index < -0.39 is 0 Å². The van der Waals surface area contributed by atoms with Gasteiger partial charge in [-0.2, -0.15) is 0 Å².